The molecule has 3 fully saturated rings. The number of amides is 2. The molecule has 0 aromatic rings. The van der Waals surface area contributed by atoms with Crippen molar-refractivity contribution in [3.8, 4) is 0 Å². The highest BCUT2D eigenvalue weighted by atomic mass is 19.4. The fraction of sp³-hybridized carbons (Fsp3) is 0.900. The molecule has 184 valence electrons. The average molecular weight is 474 g/mol. The zero-order valence-electron chi connectivity index (χ0n) is 18.7. The van der Waals surface area contributed by atoms with Crippen LogP contribution < -0.4 is 0 Å². The summed E-state index contributed by atoms with van der Waals surface area (Å²) in [6.07, 6.45) is -13.9. The number of carbonyl (C=O) groups excluding carboxylic acids is 2. The third-order valence-electron chi connectivity index (χ3n) is 6.73. The van der Waals surface area contributed by atoms with Gasteiger partial charge in [0.15, 0.2) is 0 Å². The first-order chi connectivity index (χ1) is 14.0. The van der Waals surface area contributed by atoms with Crippen LogP contribution in [0, 0.1) is 10.8 Å². The highest BCUT2D eigenvalue weighted by molar-refractivity contribution is 5.88. The largest absolute Gasteiger partial charge is 0.439 e. The number of piperazine rings is 1. The van der Waals surface area contributed by atoms with E-state index >= 15 is 0 Å². The average Bonchev–Trinajstić information content (AvgIpc) is 3.45. The van der Waals surface area contributed by atoms with Gasteiger partial charge in [-0.05, 0) is 25.7 Å². The number of aliphatic hydroxyl groups is 2. The minimum atomic E-state index is -5.61. The summed E-state index contributed by atoms with van der Waals surface area (Å²) < 4.78 is 87.4. The van der Waals surface area contributed by atoms with Crippen LogP contribution >= 0.6 is 0 Å². The van der Waals surface area contributed by atoms with Gasteiger partial charge >= 0.3 is 12.4 Å². The fourth-order valence-corrected chi connectivity index (χ4v) is 4.86. The topological polar surface area (TPSA) is 81.1 Å². The lowest BCUT2D eigenvalue weighted by atomic mass is 9.76. The molecule has 32 heavy (non-hydrogen) atoms. The van der Waals surface area contributed by atoms with Crippen molar-refractivity contribution in [2.24, 2.45) is 10.8 Å². The van der Waals surface area contributed by atoms with E-state index < -0.39 is 83.2 Å². The zero-order chi connectivity index (χ0) is 25.1. The van der Waals surface area contributed by atoms with E-state index in [1.807, 2.05) is 0 Å². The Morgan fingerprint density at radius 3 is 0.969 bits per heavy atom. The van der Waals surface area contributed by atoms with Crippen molar-refractivity contribution in [2.45, 2.75) is 102 Å². The van der Waals surface area contributed by atoms with Gasteiger partial charge in [0.2, 0.25) is 11.8 Å². The van der Waals surface area contributed by atoms with Gasteiger partial charge in [-0.15, -0.1) is 0 Å². The molecular weight excluding hydrogens is 446 g/mol. The smallest absolute Gasteiger partial charge is 0.362 e. The number of hydrogen-bond donors (Lipinski definition) is 2. The van der Waals surface area contributed by atoms with Crippen molar-refractivity contribution in [3.63, 3.8) is 0 Å². The van der Waals surface area contributed by atoms with Crippen LogP contribution in [0.3, 0.4) is 0 Å². The van der Waals surface area contributed by atoms with Crippen LogP contribution in [0.1, 0.15) is 67.2 Å². The second kappa shape index (κ2) is 6.11. The van der Waals surface area contributed by atoms with E-state index in [0.717, 1.165) is 0 Å². The first kappa shape index (κ1) is 25.1. The molecule has 1 saturated heterocycles. The minimum absolute atomic E-state index is 0.188. The molecule has 2 amide bonds. The third-order valence-corrected chi connectivity index (χ3v) is 6.73. The molecule has 2 saturated carbocycles. The van der Waals surface area contributed by atoms with Crippen molar-refractivity contribution in [3.05, 3.63) is 0 Å². The summed E-state index contributed by atoms with van der Waals surface area (Å²) in [6.45, 7) is 7.26. The molecule has 2 spiro atoms. The first-order valence-electron chi connectivity index (χ1n) is 10.2. The first-order valence-corrected chi connectivity index (χ1v) is 10.2. The lowest BCUT2D eigenvalue weighted by Crippen LogP contribution is -2.90. The van der Waals surface area contributed by atoms with Crippen LogP contribution in [0.15, 0.2) is 0 Å². The number of rotatable bonds is 0. The standard InChI is InChI=1S/C20H28F6N2O4/c1-13(2,3)11(29)27-15(7-8-15)18(32,20(24,25)26)28(12(30)14(4,5)6)16(9-10-16)17(27,31)19(21,22)23/h31-32H,7-10H2,1-6H3/t17-,18-/m0/s1. The normalized spacial score (nSPS) is 31.8. The molecule has 12 heteroatoms. The molecule has 0 radical (unpaired) electrons. The van der Waals surface area contributed by atoms with Crippen molar-refractivity contribution in [2.75, 3.05) is 0 Å². The lowest BCUT2D eigenvalue weighted by molar-refractivity contribution is -0.430. The lowest BCUT2D eigenvalue weighted by Gasteiger charge is -2.65. The summed E-state index contributed by atoms with van der Waals surface area (Å²) in [6, 6.07) is 0. The van der Waals surface area contributed by atoms with Crippen molar-refractivity contribution in [1.29, 1.82) is 0 Å². The van der Waals surface area contributed by atoms with E-state index in [1.165, 1.54) is 41.5 Å². The molecule has 0 bridgehead atoms. The van der Waals surface area contributed by atoms with Crippen LogP contribution in [0.25, 0.3) is 0 Å². The summed E-state index contributed by atoms with van der Waals surface area (Å²) in [4.78, 5) is 26.1. The molecule has 0 aromatic heterocycles. The van der Waals surface area contributed by atoms with Gasteiger partial charge in [0.1, 0.15) is 11.1 Å². The number of halogens is 6. The predicted octanol–water partition coefficient (Wildman–Crippen LogP) is 3.32. The van der Waals surface area contributed by atoms with E-state index in [0.29, 0.717) is 0 Å². The van der Waals surface area contributed by atoms with Crippen LogP contribution in [0.4, 0.5) is 26.3 Å². The number of hydrogen-bond acceptors (Lipinski definition) is 4. The van der Waals surface area contributed by atoms with Gasteiger partial charge in [0.05, 0.1) is 0 Å². The Bertz CT molecular complexity index is 778. The quantitative estimate of drug-likeness (QED) is 0.528. The minimum Gasteiger partial charge on any atom is -0.362 e. The Kier molecular flexibility index (Phi) is 4.78. The number of alkyl halides is 6. The van der Waals surface area contributed by atoms with Gasteiger partial charge < -0.3 is 10.2 Å². The Morgan fingerprint density at radius 1 is 0.625 bits per heavy atom. The van der Waals surface area contributed by atoms with Crippen LogP contribution in [0.2, 0.25) is 0 Å². The fourth-order valence-electron chi connectivity index (χ4n) is 4.86. The highest BCUT2D eigenvalue weighted by Gasteiger charge is 2.94. The van der Waals surface area contributed by atoms with Gasteiger partial charge in [-0.1, -0.05) is 41.5 Å². The van der Waals surface area contributed by atoms with Gasteiger partial charge in [-0.2, -0.15) is 26.3 Å². The maximum absolute atomic E-state index is 14.6. The van der Waals surface area contributed by atoms with Gasteiger partial charge in [-0.3, -0.25) is 19.4 Å². The highest BCUT2D eigenvalue weighted by Crippen LogP contribution is 2.72. The molecule has 3 rings (SSSR count). The molecule has 2 aliphatic carbocycles. The van der Waals surface area contributed by atoms with Gasteiger partial charge in [0, 0.05) is 10.8 Å². The van der Waals surface area contributed by atoms with Gasteiger partial charge in [-0.25, -0.2) is 0 Å². The third kappa shape index (κ3) is 2.74. The molecule has 1 heterocycles. The number of carbonyl (C=O) groups is 2. The van der Waals surface area contributed by atoms with Crippen molar-refractivity contribution >= 4 is 11.8 Å². The number of nitrogens with zero attached hydrogens (tertiary/aromatic N) is 2. The zero-order valence-corrected chi connectivity index (χ0v) is 18.7. The molecule has 0 unspecified atom stereocenters. The molecule has 0 aromatic carbocycles. The summed E-state index contributed by atoms with van der Waals surface area (Å²) in [5, 5.41) is 22.5. The Balaban J connectivity index is 2.45. The Morgan fingerprint density at radius 2 is 0.844 bits per heavy atom. The molecule has 6 nitrogen and oxygen atoms in total. The summed E-state index contributed by atoms with van der Waals surface area (Å²) in [5.74, 6) is -2.79. The van der Waals surface area contributed by atoms with E-state index in [4.69, 9.17) is 0 Å². The maximum Gasteiger partial charge on any atom is 0.439 e. The summed E-state index contributed by atoms with van der Waals surface area (Å²) >= 11 is 0. The second-order valence-corrected chi connectivity index (χ2v) is 11.2. The van der Waals surface area contributed by atoms with Crippen LogP contribution in [0.5, 0.6) is 0 Å². The van der Waals surface area contributed by atoms with Crippen molar-refractivity contribution < 1.29 is 46.1 Å². The Labute approximate surface area is 181 Å². The molecule has 2 atom stereocenters. The van der Waals surface area contributed by atoms with Crippen LogP contribution in [-0.2, 0) is 9.59 Å². The molecule has 3 aliphatic rings. The second-order valence-electron chi connectivity index (χ2n) is 11.2. The Hall–Kier alpha value is -1.56. The van der Waals surface area contributed by atoms with E-state index in [2.05, 4.69) is 0 Å². The van der Waals surface area contributed by atoms with E-state index in [-0.39, 0.29) is 9.80 Å². The van der Waals surface area contributed by atoms with Gasteiger partial charge in [0.25, 0.3) is 11.4 Å². The van der Waals surface area contributed by atoms with Crippen LogP contribution in [-0.4, -0.2) is 66.7 Å². The molecular formula is C20H28F6N2O4. The SMILES string of the molecule is CC(C)(C)C(=O)N1C2(CC2)[C@](O)(C(F)(F)F)N(C(=O)C(C)(C)C)C2(CC2)[C@]1(O)C(F)(F)F. The predicted molar refractivity (Wildman–Crippen MR) is 98.5 cm³/mol. The maximum atomic E-state index is 14.6. The molecule has 2 N–H and O–H groups in total. The monoisotopic (exact) mass is 474 g/mol. The van der Waals surface area contributed by atoms with Crippen molar-refractivity contribution in [1.82, 2.24) is 9.80 Å². The molecule has 1 aliphatic heterocycles. The summed E-state index contributed by atoms with van der Waals surface area (Å²) in [5.41, 5.74) is -17.2. The van der Waals surface area contributed by atoms with E-state index in [9.17, 15) is 46.1 Å². The summed E-state index contributed by atoms with van der Waals surface area (Å²) in [7, 11) is 0. The van der Waals surface area contributed by atoms with E-state index in [1.54, 1.807) is 0 Å².